The predicted molar refractivity (Wildman–Crippen MR) is 119 cm³/mol. The predicted octanol–water partition coefficient (Wildman–Crippen LogP) is -1.65. The highest BCUT2D eigenvalue weighted by Crippen LogP contribution is 2.31. The second-order valence-electron chi connectivity index (χ2n) is 8.29. The first kappa shape index (κ1) is 25.2. The van der Waals surface area contributed by atoms with Crippen molar-refractivity contribution in [2.45, 2.75) is 38.1 Å². The first-order valence-electron chi connectivity index (χ1n) is 10.7. The summed E-state index contributed by atoms with van der Waals surface area (Å²) in [7, 11) is 2.85. The third kappa shape index (κ3) is 3.89. The number of methoxy groups -OCH3 is 1. The number of aliphatic hydroxyl groups is 3. The molecule has 1 aliphatic carbocycles. The number of allylic oxidation sites excluding steroid dienone is 2. The lowest BCUT2D eigenvalue weighted by Crippen LogP contribution is -2.36. The van der Waals surface area contributed by atoms with E-state index in [1.54, 1.807) is 14.0 Å². The fraction of sp³-hybridized carbons (Fsp3) is 0.409. The van der Waals surface area contributed by atoms with E-state index in [0.717, 1.165) is 16.8 Å². The van der Waals surface area contributed by atoms with Crippen LogP contribution in [-0.4, -0.2) is 79.0 Å². The van der Waals surface area contributed by atoms with Crippen LogP contribution in [-0.2, 0) is 27.9 Å². The Morgan fingerprint density at radius 2 is 1.94 bits per heavy atom. The molecule has 1 saturated heterocycles. The fourth-order valence-corrected chi connectivity index (χ4v) is 4.25. The number of ketones is 2. The second kappa shape index (κ2) is 9.31. The zero-order valence-electron chi connectivity index (χ0n) is 19.5. The Kier molecular flexibility index (Phi) is 6.53. The van der Waals surface area contributed by atoms with Crippen LogP contribution in [0.5, 0.6) is 0 Å². The number of Topliss-reactive ketones (excluding diaryl/α,β-unsaturated/α-hetero) is 1. The van der Waals surface area contributed by atoms with Gasteiger partial charge in [0.1, 0.15) is 42.0 Å². The first-order chi connectivity index (χ1) is 17.0. The van der Waals surface area contributed by atoms with E-state index in [2.05, 4.69) is 4.98 Å². The molecule has 0 aromatic carbocycles. The van der Waals surface area contributed by atoms with Crippen LogP contribution in [0.3, 0.4) is 0 Å². The molecule has 2 aliphatic rings. The molecule has 14 nitrogen and oxygen atoms in total. The second-order valence-corrected chi connectivity index (χ2v) is 8.29. The highest BCUT2D eigenvalue weighted by Gasteiger charge is 2.44. The molecule has 2 aromatic heterocycles. The van der Waals surface area contributed by atoms with Gasteiger partial charge in [0.25, 0.3) is 0 Å². The lowest BCUT2D eigenvalue weighted by Gasteiger charge is -2.18. The molecule has 192 valence electrons. The lowest BCUT2D eigenvalue weighted by molar-refractivity contribution is -0.0550. The highest BCUT2D eigenvalue weighted by molar-refractivity contribution is 6.24. The van der Waals surface area contributed by atoms with E-state index >= 15 is 0 Å². The standard InChI is InChI=1S/C22H24N4O10/c1-8-10(14-15(25(8)2)11(28)4-12(34-3)16(14)29)7-35-21(32)9-5-26(22(33)24-19(9)23)20-18(31)17(30)13(6-27)36-20/h4-5,13,17-18,20,27,30-31H,6-7H2,1-3H3,(H2,23,24,33)/t13-,17-,18+,20-/m1/s1. The molecule has 0 amide bonds. The van der Waals surface area contributed by atoms with Gasteiger partial charge in [-0.2, -0.15) is 4.98 Å². The highest BCUT2D eigenvalue weighted by atomic mass is 16.6. The average molecular weight is 504 g/mol. The first-order valence-corrected chi connectivity index (χ1v) is 10.7. The number of aliphatic hydroxyl groups excluding tert-OH is 3. The number of anilines is 1. The molecule has 1 fully saturated rings. The lowest BCUT2D eigenvalue weighted by atomic mass is 9.96. The summed E-state index contributed by atoms with van der Waals surface area (Å²) in [5.74, 6) is -2.61. The van der Waals surface area contributed by atoms with Crippen LogP contribution in [0, 0.1) is 6.92 Å². The van der Waals surface area contributed by atoms with Gasteiger partial charge in [-0.1, -0.05) is 0 Å². The van der Waals surface area contributed by atoms with Crippen molar-refractivity contribution in [3.63, 3.8) is 0 Å². The van der Waals surface area contributed by atoms with Gasteiger partial charge in [0.15, 0.2) is 12.0 Å². The van der Waals surface area contributed by atoms with Gasteiger partial charge >= 0.3 is 11.7 Å². The maximum absolute atomic E-state index is 12.9. The molecule has 0 radical (unpaired) electrons. The number of nitrogen functional groups attached to an aromatic ring is 1. The molecule has 5 N–H and O–H groups in total. The normalized spacial score (nSPS) is 23.4. The van der Waals surface area contributed by atoms with Crippen LogP contribution in [0.2, 0.25) is 0 Å². The number of nitrogens with zero attached hydrogens (tertiary/aromatic N) is 3. The number of carbonyl (C=O) groups excluding carboxylic acids is 3. The summed E-state index contributed by atoms with van der Waals surface area (Å²) >= 11 is 0. The summed E-state index contributed by atoms with van der Waals surface area (Å²) in [6.45, 7) is 0.603. The Morgan fingerprint density at radius 1 is 1.25 bits per heavy atom. The van der Waals surface area contributed by atoms with Crippen molar-refractivity contribution in [2.75, 3.05) is 19.5 Å². The molecular weight excluding hydrogens is 480 g/mol. The van der Waals surface area contributed by atoms with Crippen molar-refractivity contribution in [1.82, 2.24) is 14.1 Å². The summed E-state index contributed by atoms with van der Waals surface area (Å²) in [5.41, 5.74) is 5.39. The number of fused-ring (bicyclic) bond motifs is 1. The molecule has 0 unspecified atom stereocenters. The van der Waals surface area contributed by atoms with Gasteiger partial charge in [-0.15, -0.1) is 0 Å². The minimum absolute atomic E-state index is 0.0507. The van der Waals surface area contributed by atoms with Crippen LogP contribution in [0.4, 0.5) is 5.82 Å². The number of carbonyl (C=O) groups is 3. The Hall–Kier alpha value is -3.85. The van der Waals surface area contributed by atoms with Gasteiger partial charge in [0.05, 0.1) is 19.3 Å². The van der Waals surface area contributed by atoms with Crippen LogP contribution >= 0.6 is 0 Å². The number of hydrogen-bond acceptors (Lipinski definition) is 12. The van der Waals surface area contributed by atoms with Crippen molar-refractivity contribution < 1.29 is 43.9 Å². The molecule has 0 saturated carbocycles. The molecule has 0 bridgehead atoms. The Morgan fingerprint density at radius 3 is 2.56 bits per heavy atom. The number of nitrogens with two attached hydrogens (primary N) is 1. The zero-order valence-corrected chi connectivity index (χ0v) is 19.5. The average Bonchev–Trinajstić information content (AvgIpc) is 3.27. The van der Waals surface area contributed by atoms with Crippen molar-refractivity contribution in [2.24, 2.45) is 7.05 Å². The largest absolute Gasteiger partial charge is 0.492 e. The van der Waals surface area contributed by atoms with Crippen molar-refractivity contribution in [3.8, 4) is 0 Å². The van der Waals surface area contributed by atoms with E-state index in [1.807, 2.05) is 0 Å². The molecule has 2 aromatic rings. The van der Waals surface area contributed by atoms with Crippen LogP contribution in [0.15, 0.2) is 22.8 Å². The summed E-state index contributed by atoms with van der Waals surface area (Å²) in [6, 6.07) is 0. The van der Waals surface area contributed by atoms with Gasteiger partial charge in [0.2, 0.25) is 11.6 Å². The quantitative estimate of drug-likeness (QED) is 0.327. The monoisotopic (exact) mass is 504 g/mol. The molecule has 1 aliphatic heterocycles. The van der Waals surface area contributed by atoms with E-state index in [-0.39, 0.29) is 28.1 Å². The third-order valence-electron chi connectivity index (χ3n) is 6.32. The van der Waals surface area contributed by atoms with Gasteiger partial charge in [-0.05, 0) is 6.92 Å². The Labute approximate surface area is 203 Å². The molecule has 4 atom stereocenters. The topological polar surface area (TPSA) is 205 Å². The summed E-state index contributed by atoms with van der Waals surface area (Å²) < 4.78 is 17.9. The number of hydrogen-bond donors (Lipinski definition) is 4. The van der Waals surface area contributed by atoms with Crippen molar-refractivity contribution in [1.29, 1.82) is 0 Å². The van der Waals surface area contributed by atoms with Gasteiger partial charge in [-0.25, -0.2) is 9.59 Å². The molecule has 36 heavy (non-hydrogen) atoms. The molecule has 14 heteroatoms. The van der Waals surface area contributed by atoms with E-state index in [9.17, 15) is 34.5 Å². The molecule has 3 heterocycles. The van der Waals surface area contributed by atoms with Crippen LogP contribution in [0.25, 0.3) is 0 Å². The maximum Gasteiger partial charge on any atom is 0.351 e. The number of ether oxygens (including phenoxy) is 3. The molecule has 0 spiro atoms. The van der Waals surface area contributed by atoms with E-state index < -0.39 is 66.8 Å². The smallest absolute Gasteiger partial charge is 0.351 e. The minimum Gasteiger partial charge on any atom is -0.492 e. The zero-order chi connectivity index (χ0) is 26.5. The fourth-order valence-electron chi connectivity index (χ4n) is 4.25. The van der Waals surface area contributed by atoms with Gasteiger partial charge in [-0.3, -0.25) is 14.2 Å². The SMILES string of the molecule is COC1=CC(=O)c2c(c(COC(=O)c3cn([C@@H]4O[C@H](CO)[C@@H](O)[C@@H]4O)c(=O)nc3N)c(C)n2C)C1=O. The van der Waals surface area contributed by atoms with Crippen LogP contribution < -0.4 is 11.4 Å². The summed E-state index contributed by atoms with van der Waals surface area (Å²) in [5, 5.41) is 29.5. The van der Waals surface area contributed by atoms with Gasteiger partial charge in [0, 0.05) is 30.6 Å². The summed E-state index contributed by atoms with van der Waals surface area (Å²) in [6.07, 6.45) is -3.65. The van der Waals surface area contributed by atoms with E-state index in [1.165, 1.54) is 11.7 Å². The number of rotatable bonds is 6. The van der Waals surface area contributed by atoms with E-state index in [0.29, 0.717) is 5.69 Å². The molecule has 4 rings (SSSR count). The molecular formula is C22H24N4O10. The van der Waals surface area contributed by atoms with E-state index in [4.69, 9.17) is 19.9 Å². The maximum atomic E-state index is 12.9. The van der Waals surface area contributed by atoms with Crippen LogP contribution in [0.1, 0.15) is 48.7 Å². The third-order valence-corrected chi connectivity index (χ3v) is 6.32. The number of esters is 1. The van der Waals surface area contributed by atoms with Crippen molar-refractivity contribution in [3.05, 3.63) is 56.6 Å². The Balaban J connectivity index is 1.63. The minimum atomic E-state index is -1.60. The number of aromatic nitrogens is 3. The Bertz CT molecular complexity index is 1360. The van der Waals surface area contributed by atoms with Crippen molar-refractivity contribution >= 4 is 23.4 Å². The van der Waals surface area contributed by atoms with Gasteiger partial charge < -0.3 is 39.8 Å². The summed E-state index contributed by atoms with van der Waals surface area (Å²) in [4.78, 5) is 54.2.